The van der Waals surface area contributed by atoms with E-state index in [-0.39, 0.29) is 11.9 Å². The van der Waals surface area contributed by atoms with Crippen molar-refractivity contribution in [3.63, 3.8) is 0 Å². The molecule has 0 radical (unpaired) electrons. The molecule has 0 bridgehead atoms. The van der Waals surface area contributed by atoms with Gasteiger partial charge in [-0.3, -0.25) is 4.90 Å². The average Bonchev–Trinajstić information content (AvgIpc) is 3.15. The summed E-state index contributed by atoms with van der Waals surface area (Å²) in [6.45, 7) is 1.65. The first-order valence-electron chi connectivity index (χ1n) is 6.82. The maximum atomic E-state index is 13.2. The topological polar surface area (TPSA) is 36.3 Å². The lowest BCUT2D eigenvalue weighted by Gasteiger charge is -2.24. The van der Waals surface area contributed by atoms with Gasteiger partial charge in [-0.05, 0) is 31.0 Å². The number of nitrogens with zero attached hydrogens (tertiary/aromatic N) is 2. The highest BCUT2D eigenvalue weighted by molar-refractivity contribution is 5.37. The minimum atomic E-state index is -0.202. The van der Waals surface area contributed by atoms with Gasteiger partial charge in [0.2, 0.25) is 0 Å². The van der Waals surface area contributed by atoms with Crippen molar-refractivity contribution in [2.45, 2.75) is 37.8 Å². The average molecular weight is 260 g/mol. The van der Waals surface area contributed by atoms with E-state index in [0.29, 0.717) is 12.5 Å². The van der Waals surface area contributed by atoms with Crippen LogP contribution in [0.15, 0.2) is 18.2 Å². The highest BCUT2D eigenvalue weighted by atomic mass is 19.1. The zero-order valence-corrected chi connectivity index (χ0v) is 10.8. The largest absolute Gasteiger partial charge is 0.488 e. The summed E-state index contributed by atoms with van der Waals surface area (Å²) in [6.07, 6.45) is 3.86. The van der Waals surface area contributed by atoms with Crippen LogP contribution in [0, 0.1) is 17.1 Å². The van der Waals surface area contributed by atoms with Gasteiger partial charge >= 0.3 is 0 Å². The second-order valence-corrected chi connectivity index (χ2v) is 5.33. The van der Waals surface area contributed by atoms with Gasteiger partial charge in [0.25, 0.3) is 0 Å². The Kier molecular flexibility index (Phi) is 3.39. The molecule has 3 nitrogen and oxygen atoms in total. The molecule has 1 saturated carbocycles. The highest BCUT2D eigenvalue weighted by Crippen LogP contribution is 2.32. The molecule has 2 aliphatic rings. The van der Waals surface area contributed by atoms with E-state index in [1.807, 2.05) is 0 Å². The van der Waals surface area contributed by atoms with Crippen molar-refractivity contribution >= 4 is 0 Å². The van der Waals surface area contributed by atoms with Crippen molar-refractivity contribution in [2.24, 2.45) is 0 Å². The summed E-state index contributed by atoms with van der Waals surface area (Å²) >= 11 is 0. The van der Waals surface area contributed by atoms with E-state index in [1.165, 1.54) is 18.9 Å². The van der Waals surface area contributed by atoms with E-state index in [1.54, 1.807) is 12.1 Å². The number of ether oxygens (including phenoxy) is 1. The predicted molar refractivity (Wildman–Crippen MR) is 69.3 cm³/mol. The van der Waals surface area contributed by atoms with Crippen LogP contribution in [0.25, 0.3) is 0 Å². The molecule has 100 valence electrons. The van der Waals surface area contributed by atoms with E-state index >= 15 is 0 Å². The lowest BCUT2D eigenvalue weighted by Crippen LogP contribution is -2.37. The summed E-state index contributed by atoms with van der Waals surface area (Å²) in [7, 11) is 0. The normalized spacial score (nSPS) is 21.0. The van der Waals surface area contributed by atoms with E-state index in [4.69, 9.17) is 10.00 Å². The molecule has 4 heteroatoms. The molecular formula is C15H17FN2O. The van der Waals surface area contributed by atoms with Gasteiger partial charge < -0.3 is 4.74 Å². The Labute approximate surface area is 112 Å². The van der Waals surface area contributed by atoms with E-state index in [0.717, 1.165) is 30.8 Å². The van der Waals surface area contributed by atoms with Gasteiger partial charge in [0.05, 0.1) is 6.07 Å². The molecule has 3 rings (SSSR count). The molecule has 0 amide bonds. The van der Waals surface area contributed by atoms with Crippen molar-refractivity contribution in [1.82, 2.24) is 4.90 Å². The summed E-state index contributed by atoms with van der Waals surface area (Å²) in [5.41, 5.74) is 0.959. The third kappa shape index (κ3) is 2.87. The Morgan fingerprint density at radius 1 is 1.42 bits per heavy atom. The maximum absolute atomic E-state index is 13.2. The number of hydrogen-bond acceptors (Lipinski definition) is 3. The third-order valence-corrected chi connectivity index (χ3v) is 3.78. The SMILES string of the molecule is N#CCCN(CC1Cc2cc(F)ccc2O1)C1CC1. The number of fused-ring (bicyclic) bond motifs is 1. The number of hydrogen-bond donors (Lipinski definition) is 0. The second kappa shape index (κ2) is 5.18. The fourth-order valence-corrected chi connectivity index (χ4v) is 2.71. The van der Waals surface area contributed by atoms with Gasteiger partial charge in [0.15, 0.2) is 0 Å². The van der Waals surface area contributed by atoms with Crippen molar-refractivity contribution in [3.05, 3.63) is 29.6 Å². The summed E-state index contributed by atoms with van der Waals surface area (Å²) < 4.78 is 19.0. The van der Waals surface area contributed by atoms with Crippen LogP contribution >= 0.6 is 0 Å². The van der Waals surface area contributed by atoms with Crippen LogP contribution in [-0.4, -0.2) is 30.1 Å². The van der Waals surface area contributed by atoms with Gasteiger partial charge in [-0.1, -0.05) is 0 Å². The Morgan fingerprint density at radius 3 is 3.00 bits per heavy atom. The molecule has 0 spiro atoms. The Balaban J connectivity index is 1.61. The molecule has 0 N–H and O–H groups in total. The Hall–Kier alpha value is -1.60. The van der Waals surface area contributed by atoms with Gasteiger partial charge in [-0.15, -0.1) is 0 Å². The third-order valence-electron chi connectivity index (χ3n) is 3.78. The monoisotopic (exact) mass is 260 g/mol. The first-order chi connectivity index (χ1) is 9.26. The molecule has 1 aromatic carbocycles. The van der Waals surface area contributed by atoms with Crippen LogP contribution in [0.4, 0.5) is 4.39 Å². The number of benzene rings is 1. The fourth-order valence-electron chi connectivity index (χ4n) is 2.71. The summed E-state index contributed by atoms with van der Waals surface area (Å²) in [5, 5.41) is 8.70. The molecule has 1 fully saturated rings. The smallest absolute Gasteiger partial charge is 0.123 e. The minimum Gasteiger partial charge on any atom is -0.488 e. The lowest BCUT2D eigenvalue weighted by atomic mass is 10.1. The van der Waals surface area contributed by atoms with Crippen LogP contribution < -0.4 is 4.74 Å². The molecule has 1 aliphatic carbocycles. The Morgan fingerprint density at radius 2 is 2.26 bits per heavy atom. The maximum Gasteiger partial charge on any atom is 0.123 e. The fraction of sp³-hybridized carbons (Fsp3) is 0.533. The van der Waals surface area contributed by atoms with Crippen molar-refractivity contribution in [3.8, 4) is 11.8 Å². The molecule has 19 heavy (non-hydrogen) atoms. The number of rotatable bonds is 5. The molecule has 1 heterocycles. The molecule has 1 aromatic rings. The van der Waals surface area contributed by atoms with Crippen LogP contribution in [0.5, 0.6) is 5.75 Å². The van der Waals surface area contributed by atoms with E-state index in [9.17, 15) is 4.39 Å². The van der Waals surface area contributed by atoms with Gasteiger partial charge in [0.1, 0.15) is 17.7 Å². The lowest BCUT2D eigenvalue weighted by molar-refractivity contribution is 0.146. The van der Waals surface area contributed by atoms with E-state index < -0.39 is 0 Å². The van der Waals surface area contributed by atoms with Gasteiger partial charge in [-0.2, -0.15) is 5.26 Å². The summed E-state index contributed by atoms with van der Waals surface area (Å²) in [5.74, 6) is 0.606. The molecule has 0 saturated heterocycles. The first kappa shape index (κ1) is 12.4. The second-order valence-electron chi connectivity index (χ2n) is 5.33. The van der Waals surface area contributed by atoms with Crippen LogP contribution in [-0.2, 0) is 6.42 Å². The summed E-state index contributed by atoms with van der Waals surface area (Å²) in [6, 6.07) is 7.53. The van der Waals surface area contributed by atoms with Gasteiger partial charge in [-0.25, -0.2) is 4.39 Å². The van der Waals surface area contributed by atoms with Gasteiger partial charge in [0, 0.05) is 37.5 Å². The molecule has 1 unspecified atom stereocenters. The van der Waals surface area contributed by atoms with Crippen LogP contribution in [0.2, 0.25) is 0 Å². The number of halogens is 1. The molecule has 1 atom stereocenters. The first-order valence-corrected chi connectivity index (χ1v) is 6.82. The summed E-state index contributed by atoms with van der Waals surface area (Å²) in [4.78, 5) is 2.34. The van der Waals surface area contributed by atoms with Crippen molar-refractivity contribution in [2.75, 3.05) is 13.1 Å². The quantitative estimate of drug-likeness (QED) is 0.816. The Bertz CT molecular complexity index is 507. The van der Waals surface area contributed by atoms with Crippen LogP contribution in [0.1, 0.15) is 24.8 Å². The highest BCUT2D eigenvalue weighted by Gasteiger charge is 2.32. The molecule has 1 aliphatic heterocycles. The standard InChI is InChI=1S/C15H17FN2O/c16-12-2-5-15-11(8-12)9-14(19-15)10-18(7-1-6-17)13-3-4-13/h2,5,8,13-14H,1,3-4,7,9-10H2. The minimum absolute atomic E-state index is 0.0936. The number of nitriles is 1. The van der Waals surface area contributed by atoms with Crippen molar-refractivity contribution in [1.29, 1.82) is 5.26 Å². The zero-order chi connectivity index (χ0) is 13.2. The van der Waals surface area contributed by atoms with Crippen molar-refractivity contribution < 1.29 is 9.13 Å². The predicted octanol–water partition coefficient (Wildman–Crippen LogP) is 2.51. The molecule has 0 aromatic heterocycles. The zero-order valence-electron chi connectivity index (χ0n) is 10.8. The van der Waals surface area contributed by atoms with Crippen LogP contribution in [0.3, 0.4) is 0 Å². The molecular weight excluding hydrogens is 243 g/mol. The van der Waals surface area contributed by atoms with E-state index in [2.05, 4.69) is 11.0 Å².